The molecule has 1 heterocycles. The highest BCUT2D eigenvalue weighted by atomic mass is 32.2. The highest BCUT2D eigenvalue weighted by Gasteiger charge is 2.70. The molecule has 15 heteroatoms. The third-order valence-electron chi connectivity index (χ3n) is 6.86. The number of likely N-dealkylation sites (tertiary alicyclic amines) is 1. The molecule has 2 amide bonds. The molecule has 0 bridgehead atoms. The minimum Gasteiger partial charge on any atom is -0.336 e. The molecule has 0 aromatic heterocycles. The highest BCUT2D eigenvalue weighted by Crippen LogP contribution is 2.59. The lowest BCUT2D eigenvalue weighted by atomic mass is 10.0. The van der Waals surface area contributed by atoms with E-state index in [9.17, 15) is 54.6 Å². The van der Waals surface area contributed by atoms with E-state index in [1.54, 1.807) is 0 Å². The Kier molecular flexibility index (Phi) is 6.41. The third-order valence-corrected chi connectivity index (χ3v) is 8.31. The molecule has 0 radical (unpaired) electrons. The van der Waals surface area contributed by atoms with Crippen LogP contribution >= 0.6 is 0 Å². The summed E-state index contributed by atoms with van der Waals surface area (Å²) >= 11 is 0. The van der Waals surface area contributed by atoms with Gasteiger partial charge in [0, 0.05) is 6.54 Å². The van der Waals surface area contributed by atoms with Gasteiger partial charge in [-0.25, -0.2) is 8.60 Å². The molecule has 3 atom stereocenters. The van der Waals surface area contributed by atoms with Crippen LogP contribution in [0, 0.1) is 28.5 Å². The zero-order chi connectivity index (χ0) is 27.6. The maximum Gasteiger partial charge on any atom is 0.417 e. The van der Waals surface area contributed by atoms with E-state index in [0.717, 1.165) is 0 Å². The Hall–Kier alpha value is -3.02. The molecular formula is C22H18F7N3O4S. The van der Waals surface area contributed by atoms with Crippen LogP contribution in [0.4, 0.5) is 30.7 Å². The number of halogens is 7. The molecule has 1 unspecified atom stereocenters. The molecule has 1 aromatic rings. The number of nitrogens with zero attached hydrogens (tertiary/aromatic N) is 2. The Bertz CT molecular complexity index is 1230. The number of rotatable bonds is 5. The van der Waals surface area contributed by atoms with Crippen molar-refractivity contribution in [2.75, 3.05) is 6.54 Å². The van der Waals surface area contributed by atoms with E-state index in [0.29, 0.717) is 17.0 Å². The number of carbonyl (C=O) groups is 3. The predicted molar refractivity (Wildman–Crippen MR) is 110 cm³/mol. The van der Waals surface area contributed by atoms with Crippen molar-refractivity contribution in [2.45, 2.75) is 60.9 Å². The van der Waals surface area contributed by atoms with Gasteiger partial charge in [0.2, 0.25) is 16.9 Å². The predicted octanol–water partition coefficient (Wildman–Crippen LogP) is 3.21. The van der Waals surface area contributed by atoms with Crippen molar-refractivity contribution in [3.05, 3.63) is 29.6 Å². The summed E-state index contributed by atoms with van der Waals surface area (Å²) in [5.74, 6) is -5.32. The largest absolute Gasteiger partial charge is 0.417 e. The number of alkyl halides is 6. The Labute approximate surface area is 207 Å². The minimum atomic E-state index is -5.17. The molecule has 7 nitrogen and oxygen atoms in total. The number of carbonyl (C=O) groups excluding carboxylic acids is 3. The molecule has 2 saturated carbocycles. The lowest BCUT2D eigenvalue weighted by Gasteiger charge is -2.29. The molecule has 2 aliphatic carbocycles. The van der Waals surface area contributed by atoms with Crippen LogP contribution in [0.5, 0.6) is 0 Å². The fourth-order valence-electron chi connectivity index (χ4n) is 4.35. The summed E-state index contributed by atoms with van der Waals surface area (Å²) in [6, 6.07) is 1.34. The maximum absolute atomic E-state index is 13.6. The number of hydrogen-bond donors (Lipinski definition) is 1. The molecule has 4 rings (SSSR count). The lowest BCUT2D eigenvalue weighted by molar-refractivity contribution is -0.199. The summed E-state index contributed by atoms with van der Waals surface area (Å²) in [5, 5.41) is 10.2. The second kappa shape index (κ2) is 8.78. The van der Waals surface area contributed by atoms with Gasteiger partial charge in [-0.15, -0.1) is 0 Å². The summed E-state index contributed by atoms with van der Waals surface area (Å²) in [6.07, 6.45) is -11.3. The van der Waals surface area contributed by atoms with Gasteiger partial charge in [-0.3, -0.25) is 14.4 Å². The van der Waals surface area contributed by atoms with E-state index in [-0.39, 0.29) is 18.9 Å². The van der Waals surface area contributed by atoms with Gasteiger partial charge in [0.25, 0.3) is 0 Å². The number of hydrogen-bond acceptors (Lipinski definition) is 5. The zero-order valence-electron chi connectivity index (χ0n) is 18.7. The van der Waals surface area contributed by atoms with Crippen molar-refractivity contribution in [2.24, 2.45) is 11.3 Å². The molecule has 1 N–H and O–H groups in total. The van der Waals surface area contributed by atoms with Gasteiger partial charge >= 0.3 is 12.4 Å². The number of amides is 2. The van der Waals surface area contributed by atoms with E-state index in [4.69, 9.17) is 0 Å². The number of benzene rings is 1. The topological polar surface area (TPSA) is 107 Å². The van der Waals surface area contributed by atoms with Crippen LogP contribution < -0.4 is 5.32 Å². The van der Waals surface area contributed by atoms with E-state index in [1.165, 1.54) is 0 Å². The van der Waals surface area contributed by atoms with Crippen molar-refractivity contribution in [1.29, 1.82) is 5.26 Å². The van der Waals surface area contributed by atoms with E-state index in [2.05, 4.69) is 5.32 Å². The van der Waals surface area contributed by atoms with Crippen LogP contribution in [0.2, 0.25) is 0 Å². The Morgan fingerprint density at radius 3 is 2.19 bits per heavy atom. The SMILES string of the molecule is N#CC1(NC(=O)[C@@H]2C[C@@H](C(=O)S(=O)c3ccc(F)cc3C(F)(F)F)CN2C(=O)C2(C(F)(F)F)CC2)CC1. The van der Waals surface area contributed by atoms with Crippen LogP contribution in [-0.4, -0.2) is 50.3 Å². The fraction of sp³-hybridized carbons (Fsp3) is 0.545. The summed E-state index contributed by atoms with van der Waals surface area (Å²) in [5.41, 5.74) is -5.68. The van der Waals surface area contributed by atoms with Gasteiger partial charge in [0.05, 0.1) is 22.4 Å². The van der Waals surface area contributed by atoms with Gasteiger partial charge < -0.3 is 10.2 Å². The number of nitrogens with one attached hydrogen (secondary N) is 1. The summed E-state index contributed by atoms with van der Waals surface area (Å²) < 4.78 is 107. The van der Waals surface area contributed by atoms with Crippen molar-refractivity contribution in [3.8, 4) is 6.07 Å². The van der Waals surface area contributed by atoms with Crippen LogP contribution in [0.3, 0.4) is 0 Å². The molecule has 1 saturated heterocycles. The Morgan fingerprint density at radius 2 is 1.70 bits per heavy atom. The standard InChI is InChI=1S/C22H18F7N3O4S/c23-12-1-2-15(13(8-12)21(24,25)26)37(36)17(34)11-7-14(16(33)31-19(10-30)3-4-19)32(9-11)18(35)20(5-6-20)22(27,28)29/h1-2,8,11,14H,3-7,9H2,(H,31,33)/t11-,14+,37?/m1/s1. The average molecular weight is 553 g/mol. The van der Waals surface area contributed by atoms with E-state index >= 15 is 0 Å². The average Bonchev–Trinajstić information content (AvgIpc) is 3.73. The van der Waals surface area contributed by atoms with Crippen LogP contribution in [0.15, 0.2) is 23.1 Å². The van der Waals surface area contributed by atoms with Crippen LogP contribution in [0.1, 0.15) is 37.7 Å². The van der Waals surface area contributed by atoms with E-state index in [1.807, 2.05) is 6.07 Å². The van der Waals surface area contributed by atoms with Crippen molar-refractivity contribution in [3.63, 3.8) is 0 Å². The fourth-order valence-corrected chi connectivity index (χ4v) is 5.61. The summed E-state index contributed by atoms with van der Waals surface area (Å²) in [4.78, 5) is 38.3. The van der Waals surface area contributed by atoms with Crippen LogP contribution in [-0.2, 0) is 31.4 Å². The molecule has 0 spiro atoms. The van der Waals surface area contributed by atoms with Gasteiger partial charge in [-0.1, -0.05) is 0 Å². The van der Waals surface area contributed by atoms with Crippen molar-refractivity contribution < 1.29 is 49.3 Å². The molecular weight excluding hydrogens is 535 g/mol. The first-order valence-corrected chi connectivity index (χ1v) is 12.1. The van der Waals surface area contributed by atoms with Crippen molar-refractivity contribution in [1.82, 2.24) is 10.2 Å². The quantitative estimate of drug-likeness (QED) is 0.564. The first-order chi connectivity index (χ1) is 17.1. The second-order valence-electron chi connectivity index (χ2n) is 9.39. The first-order valence-electron chi connectivity index (χ1n) is 11.0. The Morgan fingerprint density at radius 1 is 1.08 bits per heavy atom. The molecule has 200 valence electrons. The summed E-state index contributed by atoms with van der Waals surface area (Å²) in [6.45, 7) is -0.790. The summed E-state index contributed by atoms with van der Waals surface area (Å²) in [7, 11) is -3.04. The van der Waals surface area contributed by atoms with Crippen LogP contribution in [0.25, 0.3) is 0 Å². The van der Waals surface area contributed by atoms with Gasteiger partial charge in [0.1, 0.15) is 33.6 Å². The Balaban J connectivity index is 1.63. The zero-order valence-corrected chi connectivity index (χ0v) is 19.5. The van der Waals surface area contributed by atoms with Gasteiger partial charge in [-0.2, -0.15) is 31.6 Å². The monoisotopic (exact) mass is 553 g/mol. The third kappa shape index (κ3) is 4.83. The lowest BCUT2D eigenvalue weighted by Crippen LogP contribution is -2.53. The normalized spacial score (nSPS) is 24.6. The molecule has 1 aliphatic heterocycles. The number of nitriles is 1. The van der Waals surface area contributed by atoms with E-state index < -0.39 is 105 Å². The smallest absolute Gasteiger partial charge is 0.336 e. The van der Waals surface area contributed by atoms with Gasteiger partial charge in [0.15, 0.2) is 0 Å². The molecule has 3 aliphatic rings. The van der Waals surface area contributed by atoms with Gasteiger partial charge in [-0.05, 0) is 50.3 Å². The van der Waals surface area contributed by atoms with Crippen molar-refractivity contribution >= 4 is 27.7 Å². The maximum atomic E-state index is 13.6. The molecule has 3 fully saturated rings. The molecule has 37 heavy (non-hydrogen) atoms. The minimum absolute atomic E-state index is 0.0540. The first kappa shape index (κ1) is 27.0. The molecule has 1 aromatic carbocycles. The second-order valence-corrected chi connectivity index (χ2v) is 10.8. The highest BCUT2D eigenvalue weighted by molar-refractivity contribution is 8.00.